The number of aliphatic hydroxyl groups is 1. The highest BCUT2D eigenvalue weighted by Crippen LogP contribution is 2.09. The Labute approximate surface area is 56.3 Å². The van der Waals surface area contributed by atoms with Crippen LogP contribution < -0.4 is 5.32 Å². The summed E-state index contributed by atoms with van der Waals surface area (Å²) in [5.74, 6) is 0. The van der Waals surface area contributed by atoms with Crippen LogP contribution in [0.5, 0.6) is 0 Å². The van der Waals surface area contributed by atoms with Gasteiger partial charge >= 0.3 is 0 Å². The molecule has 1 fully saturated rings. The summed E-state index contributed by atoms with van der Waals surface area (Å²) in [5.41, 5.74) is 0. The second-order valence-electron chi connectivity index (χ2n) is 2.66. The summed E-state index contributed by atoms with van der Waals surface area (Å²) in [6.07, 6.45) is 4.73. The standard InChI is InChI=1S/C7H15NO/c9-6-2-4-7-3-1-5-8-7/h7-9H,1-6H2/t7-/m0/s1. The number of hydrogen-bond donors (Lipinski definition) is 2. The molecule has 2 heteroatoms. The summed E-state index contributed by atoms with van der Waals surface area (Å²) in [6.45, 7) is 1.52. The van der Waals surface area contributed by atoms with Gasteiger partial charge in [0.2, 0.25) is 0 Å². The van der Waals surface area contributed by atoms with E-state index in [2.05, 4.69) is 5.32 Å². The summed E-state index contributed by atoms with van der Waals surface area (Å²) < 4.78 is 0. The summed E-state index contributed by atoms with van der Waals surface area (Å²) in [5, 5.41) is 11.9. The van der Waals surface area contributed by atoms with Crippen LogP contribution in [0.3, 0.4) is 0 Å². The minimum atomic E-state index is 0.345. The highest BCUT2D eigenvalue weighted by atomic mass is 16.2. The van der Waals surface area contributed by atoms with Crippen molar-refractivity contribution in [2.24, 2.45) is 0 Å². The highest BCUT2D eigenvalue weighted by Gasteiger charge is 2.11. The normalized spacial score (nSPS) is 27.0. The van der Waals surface area contributed by atoms with Crippen LogP contribution in [0.1, 0.15) is 25.7 Å². The molecule has 1 aliphatic heterocycles. The zero-order valence-electron chi connectivity index (χ0n) is 5.77. The molecule has 9 heavy (non-hydrogen) atoms. The van der Waals surface area contributed by atoms with Gasteiger partial charge in [-0.2, -0.15) is 0 Å². The third-order valence-corrected chi connectivity index (χ3v) is 1.87. The molecule has 1 rings (SSSR count). The maximum Gasteiger partial charge on any atom is 0.0431 e. The van der Waals surface area contributed by atoms with Gasteiger partial charge in [-0.15, -0.1) is 0 Å². The molecule has 1 heterocycles. The molecule has 1 atom stereocenters. The molecule has 0 amide bonds. The first-order valence-corrected chi connectivity index (χ1v) is 3.77. The lowest BCUT2D eigenvalue weighted by molar-refractivity contribution is 0.277. The van der Waals surface area contributed by atoms with Crippen molar-refractivity contribution in [2.45, 2.75) is 31.7 Å². The molecule has 1 saturated heterocycles. The second-order valence-corrected chi connectivity index (χ2v) is 2.66. The summed E-state index contributed by atoms with van der Waals surface area (Å²) in [4.78, 5) is 0. The number of nitrogens with one attached hydrogen (secondary N) is 1. The quantitative estimate of drug-likeness (QED) is 0.582. The van der Waals surface area contributed by atoms with E-state index in [1.165, 1.54) is 19.4 Å². The van der Waals surface area contributed by atoms with Crippen LogP contribution in [0.15, 0.2) is 0 Å². The average Bonchev–Trinajstić information content (AvgIpc) is 2.34. The fourth-order valence-electron chi connectivity index (χ4n) is 1.34. The minimum Gasteiger partial charge on any atom is -0.396 e. The molecule has 54 valence electrons. The molecule has 1 aliphatic rings. The van der Waals surface area contributed by atoms with E-state index in [-0.39, 0.29) is 0 Å². The average molecular weight is 129 g/mol. The summed E-state index contributed by atoms with van der Waals surface area (Å²) >= 11 is 0. The first-order valence-electron chi connectivity index (χ1n) is 3.77. The van der Waals surface area contributed by atoms with Crippen molar-refractivity contribution in [2.75, 3.05) is 13.2 Å². The van der Waals surface area contributed by atoms with Crippen molar-refractivity contribution >= 4 is 0 Å². The number of aliphatic hydroxyl groups excluding tert-OH is 1. The van der Waals surface area contributed by atoms with E-state index in [1.807, 2.05) is 0 Å². The van der Waals surface area contributed by atoms with Gasteiger partial charge in [-0.25, -0.2) is 0 Å². The third kappa shape index (κ3) is 2.33. The van der Waals surface area contributed by atoms with Gasteiger partial charge in [-0.3, -0.25) is 0 Å². The van der Waals surface area contributed by atoms with Crippen molar-refractivity contribution in [3.8, 4) is 0 Å². The first kappa shape index (κ1) is 7.03. The zero-order chi connectivity index (χ0) is 6.53. The van der Waals surface area contributed by atoms with Crippen molar-refractivity contribution in [1.82, 2.24) is 5.32 Å². The molecule has 0 aromatic rings. The monoisotopic (exact) mass is 129 g/mol. The van der Waals surface area contributed by atoms with Crippen molar-refractivity contribution in [3.05, 3.63) is 0 Å². The van der Waals surface area contributed by atoms with Gasteiger partial charge < -0.3 is 10.4 Å². The van der Waals surface area contributed by atoms with Crippen molar-refractivity contribution in [1.29, 1.82) is 0 Å². The first-order chi connectivity index (χ1) is 4.43. The van der Waals surface area contributed by atoms with Gasteiger partial charge in [0.1, 0.15) is 0 Å². The van der Waals surface area contributed by atoms with Gasteiger partial charge in [0, 0.05) is 12.6 Å². The van der Waals surface area contributed by atoms with Crippen LogP contribution in [0.25, 0.3) is 0 Å². The summed E-state index contributed by atoms with van der Waals surface area (Å²) in [7, 11) is 0. The Bertz CT molecular complexity index is 69.3. The molecular weight excluding hydrogens is 114 g/mol. The summed E-state index contributed by atoms with van der Waals surface area (Å²) in [6, 6.07) is 0.706. The van der Waals surface area contributed by atoms with Gasteiger partial charge in [-0.05, 0) is 32.2 Å². The molecule has 0 aliphatic carbocycles. The van der Waals surface area contributed by atoms with Crippen LogP contribution in [-0.4, -0.2) is 24.3 Å². The second kappa shape index (κ2) is 3.85. The van der Waals surface area contributed by atoms with E-state index in [0.29, 0.717) is 12.6 Å². The minimum absolute atomic E-state index is 0.345. The molecule has 2 N–H and O–H groups in total. The molecular formula is C7H15NO. The molecule has 2 nitrogen and oxygen atoms in total. The van der Waals surface area contributed by atoms with E-state index >= 15 is 0 Å². The van der Waals surface area contributed by atoms with Crippen molar-refractivity contribution < 1.29 is 5.11 Å². The molecule has 0 aromatic carbocycles. The topological polar surface area (TPSA) is 32.3 Å². The molecule has 0 aromatic heterocycles. The van der Waals surface area contributed by atoms with E-state index < -0.39 is 0 Å². The Morgan fingerprint density at radius 1 is 1.56 bits per heavy atom. The number of rotatable bonds is 3. The molecule has 0 radical (unpaired) electrons. The SMILES string of the molecule is OCCC[C@@H]1CCCN1. The third-order valence-electron chi connectivity index (χ3n) is 1.87. The predicted molar refractivity (Wildman–Crippen MR) is 37.3 cm³/mol. The predicted octanol–water partition coefficient (Wildman–Crippen LogP) is 0.511. The van der Waals surface area contributed by atoms with Crippen LogP contribution in [0, 0.1) is 0 Å². The zero-order valence-corrected chi connectivity index (χ0v) is 5.77. The Balaban J connectivity index is 1.98. The van der Waals surface area contributed by atoms with Gasteiger partial charge in [0.25, 0.3) is 0 Å². The Kier molecular flexibility index (Phi) is 3.01. The van der Waals surface area contributed by atoms with Crippen LogP contribution >= 0.6 is 0 Å². The Morgan fingerprint density at radius 3 is 3.00 bits per heavy atom. The van der Waals surface area contributed by atoms with E-state index in [4.69, 9.17) is 5.11 Å². The highest BCUT2D eigenvalue weighted by molar-refractivity contribution is 4.73. The fourth-order valence-corrected chi connectivity index (χ4v) is 1.34. The Hall–Kier alpha value is -0.0800. The van der Waals surface area contributed by atoms with E-state index in [9.17, 15) is 0 Å². The number of hydrogen-bond acceptors (Lipinski definition) is 2. The fraction of sp³-hybridized carbons (Fsp3) is 1.00. The van der Waals surface area contributed by atoms with E-state index in [0.717, 1.165) is 12.8 Å². The maximum atomic E-state index is 8.50. The molecule has 0 unspecified atom stereocenters. The van der Waals surface area contributed by atoms with E-state index in [1.54, 1.807) is 0 Å². The Morgan fingerprint density at radius 2 is 2.44 bits per heavy atom. The lowest BCUT2D eigenvalue weighted by Gasteiger charge is -2.06. The van der Waals surface area contributed by atoms with Crippen LogP contribution in [0.4, 0.5) is 0 Å². The lowest BCUT2D eigenvalue weighted by Crippen LogP contribution is -2.21. The molecule has 0 saturated carbocycles. The molecule has 0 spiro atoms. The molecule has 0 bridgehead atoms. The van der Waals surface area contributed by atoms with Gasteiger partial charge in [0.05, 0.1) is 0 Å². The maximum absolute atomic E-state index is 8.50. The smallest absolute Gasteiger partial charge is 0.0431 e. The van der Waals surface area contributed by atoms with Crippen LogP contribution in [-0.2, 0) is 0 Å². The lowest BCUT2D eigenvalue weighted by atomic mass is 10.1. The largest absolute Gasteiger partial charge is 0.396 e. The van der Waals surface area contributed by atoms with Crippen LogP contribution in [0.2, 0.25) is 0 Å². The van der Waals surface area contributed by atoms with Gasteiger partial charge in [0.15, 0.2) is 0 Å². The van der Waals surface area contributed by atoms with Gasteiger partial charge in [-0.1, -0.05) is 0 Å². The van der Waals surface area contributed by atoms with Crippen molar-refractivity contribution in [3.63, 3.8) is 0 Å².